The van der Waals surface area contributed by atoms with Crippen molar-refractivity contribution in [2.45, 2.75) is 26.4 Å². The largest absolute Gasteiger partial charge is 0.496 e. The van der Waals surface area contributed by atoms with E-state index < -0.39 is 0 Å². The third-order valence-electron chi connectivity index (χ3n) is 3.20. The minimum atomic E-state index is -0.225. The molecule has 1 heterocycles. The number of hydrogen-bond acceptors (Lipinski definition) is 4. The van der Waals surface area contributed by atoms with E-state index in [0.29, 0.717) is 13.2 Å². The highest BCUT2D eigenvalue weighted by Crippen LogP contribution is 2.29. The molecule has 0 aliphatic rings. The van der Waals surface area contributed by atoms with Crippen molar-refractivity contribution in [3.63, 3.8) is 0 Å². The van der Waals surface area contributed by atoms with E-state index in [9.17, 15) is 0 Å². The number of benzene rings is 1. The van der Waals surface area contributed by atoms with Gasteiger partial charge in [0.15, 0.2) is 0 Å². The molecule has 0 spiro atoms. The van der Waals surface area contributed by atoms with E-state index in [4.69, 9.17) is 9.47 Å². The number of rotatable bonds is 6. The molecule has 20 heavy (non-hydrogen) atoms. The Kier molecular flexibility index (Phi) is 4.45. The number of aromatic nitrogens is 1. The van der Waals surface area contributed by atoms with Crippen molar-refractivity contribution in [2.24, 2.45) is 0 Å². The summed E-state index contributed by atoms with van der Waals surface area (Å²) in [5.74, 6) is 1.71. The zero-order valence-electron chi connectivity index (χ0n) is 12.6. The molecule has 0 fully saturated rings. The molecule has 1 aromatic carbocycles. The normalized spacial score (nSPS) is 11.6. The van der Waals surface area contributed by atoms with E-state index in [0.717, 1.165) is 22.3 Å². The van der Waals surface area contributed by atoms with E-state index in [1.165, 1.54) is 0 Å². The summed E-state index contributed by atoms with van der Waals surface area (Å²) in [6, 6.07) is 7.94. The number of hydrogen-bond donors (Lipinski definition) is 1. The first-order valence-corrected chi connectivity index (χ1v) is 6.87. The third kappa shape index (κ3) is 3.20. The Balaban J connectivity index is 2.27. The second kappa shape index (κ2) is 6.09. The number of nitrogens with zero attached hydrogens (tertiary/aromatic N) is 1. The van der Waals surface area contributed by atoms with Crippen LogP contribution >= 0.6 is 0 Å². The Morgan fingerprint density at radius 1 is 1.20 bits per heavy atom. The van der Waals surface area contributed by atoms with Crippen LogP contribution in [0.4, 0.5) is 5.82 Å². The van der Waals surface area contributed by atoms with Gasteiger partial charge in [-0.2, -0.15) is 0 Å². The highest BCUT2D eigenvalue weighted by molar-refractivity contribution is 5.95. The maximum atomic E-state index is 5.69. The van der Waals surface area contributed by atoms with Gasteiger partial charge in [-0.25, -0.2) is 4.98 Å². The van der Waals surface area contributed by atoms with E-state index in [1.807, 2.05) is 31.2 Å². The second-order valence-electron chi connectivity index (χ2n) is 5.26. The highest BCUT2D eigenvalue weighted by atomic mass is 16.5. The lowest BCUT2D eigenvalue weighted by Gasteiger charge is -2.25. The fourth-order valence-corrected chi connectivity index (χ4v) is 2.24. The van der Waals surface area contributed by atoms with Crippen molar-refractivity contribution in [3.05, 3.63) is 30.5 Å². The van der Waals surface area contributed by atoms with Crippen LogP contribution in [0.2, 0.25) is 0 Å². The highest BCUT2D eigenvalue weighted by Gasteiger charge is 2.18. The first kappa shape index (κ1) is 14.6. The summed E-state index contributed by atoms with van der Waals surface area (Å²) in [4.78, 5) is 4.42. The van der Waals surface area contributed by atoms with Gasteiger partial charge in [0.2, 0.25) is 0 Å². The maximum Gasteiger partial charge on any atom is 0.134 e. The van der Waals surface area contributed by atoms with E-state index in [1.54, 1.807) is 13.3 Å². The lowest BCUT2D eigenvalue weighted by atomic mass is 10.1. The molecule has 0 bridgehead atoms. The molecule has 1 aromatic heterocycles. The van der Waals surface area contributed by atoms with E-state index in [2.05, 4.69) is 24.1 Å². The molecule has 2 rings (SSSR count). The Hall–Kier alpha value is -1.81. The van der Waals surface area contributed by atoms with Crippen molar-refractivity contribution in [3.8, 4) is 5.75 Å². The van der Waals surface area contributed by atoms with Crippen molar-refractivity contribution in [2.75, 3.05) is 25.6 Å². The average Bonchev–Trinajstić information content (AvgIpc) is 2.44. The van der Waals surface area contributed by atoms with Crippen LogP contribution < -0.4 is 10.1 Å². The third-order valence-corrected chi connectivity index (χ3v) is 3.20. The second-order valence-corrected chi connectivity index (χ2v) is 5.26. The zero-order chi connectivity index (χ0) is 14.6. The van der Waals surface area contributed by atoms with Crippen LogP contribution in [0.3, 0.4) is 0 Å². The van der Waals surface area contributed by atoms with Gasteiger partial charge in [-0.05, 0) is 32.9 Å². The number of nitrogens with one attached hydrogen (secondary N) is 1. The summed E-state index contributed by atoms with van der Waals surface area (Å²) < 4.78 is 11.1. The van der Waals surface area contributed by atoms with Crippen LogP contribution in [-0.2, 0) is 4.74 Å². The van der Waals surface area contributed by atoms with Crippen molar-refractivity contribution in [1.82, 2.24) is 4.98 Å². The number of fused-ring (bicyclic) bond motifs is 1. The van der Waals surface area contributed by atoms with Gasteiger partial charge in [-0.15, -0.1) is 0 Å². The standard InChI is InChI=1S/C16H22N2O2/c1-5-20-16(2,3)11-18-15-13-7-6-8-14(19-4)12(13)9-10-17-15/h6-10H,5,11H2,1-4H3,(H,17,18). The molecule has 4 nitrogen and oxygen atoms in total. The summed E-state index contributed by atoms with van der Waals surface area (Å²) >= 11 is 0. The van der Waals surface area contributed by atoms with Crippen LogP contribution in [0.25, 0.3) is 10.8 Å². The molecular weight excluding hydrogens is 252 g/mol. The van der Waals surface area contributed by atoms with E-state index >= 15 is 0 Å². The van der Waals surface area contributed by atoms with Crippen molar-refractivity contribution >= 4 is 16.6 Å². The number of ether oxygens (including phenoxy) is 2. The Labute approximate surface area is 120 Å². The molecule has 0 saturated heterocycles. The first-order chi connectivity index (χ1) is 9.57. The van der Waals surface area contributed by atoms with Crippen LogP contribution in [-0.4, -0.2) is 30.8 Å². The molecule has 2 aromatic rings. The summed E-state index contributed by atoms with van der Waals surface area (Å²) in [6.45, 7) is 7.53. The average molecular weight is 274 g/mol. The molecule has 108 valence electrons. The van der Waals surface area contributed by atoms with Gasteiger partial charge in [0.25, 0.3) is 0 Å². The minimum Gasteiger partial charge on any atom is -0.496 e. The smallest absolute Gasteiger partial charge is 0.134 e. The first-order valence-electron chi connectivity index (χ1n) is 6.87. The Morgan fingerprint density at radius 2 is 2.00 bits per heavy atom. The lowest BCUT2D eigenvalue weighted by Crippen LogP contribution is -2.33. The lowest BCUT2D eigenvalue weighted by molar-refractivity contribution is 0.000664. The number of anilines is 1. The Bertz CT molecular complexity index is 582. The van der Waals surface area contributed by atoms with Gasteiger partial charge in [-0.1, -0.05) is 12.1 Å². The fraction of sp³-hybridized carbons (Fsp3) is 0.438. The summed E-state index contributed by atoms with van der Waals surface area (Å²) in [6.07, 6.45) is 1.79. The molecule has 0 amide bonds. The molecule has 0 atom stereocenters. The predicted molar refractivity (Wildman–Crippen MR) is 82.5 cm³/mol. The van der Waals surface area contributed by atoms with Gasteiger partial charge in [-0.3, -0.25) is 0 Å². The molecule has 0 unspecified atom stereocenters. The van der Waals surface area contributed by atoms with Gasteiger partial charge < -0.3 is 14.8 Å². The molecule has 0 aliphatic carbocycles. The van der Waals surface area contributed by atoms with Crippen molar-refractivity contribution < 1.29 is 9.47 Å². The fourth-order valence-electron chi connectivity index (χ4n) is 2.24. The van der Waals surface area contributed by atoms with Gasteiger partial charge >= 0.3 is 0 Å². The molecule has 1 N–H and O–H groups in total. The molecule has 0 radical (unpaired) electrons. The van der Waals surface area contributed by atoms with Gasteiger partial charge in [0.1, 0.15) is 11.6 Å². The molecule has 0 aliphatic heterocycles. The Morgan fingerprint density at radius 3 is 2.70 bits per heavy atom. The summed E-state index contributed by atoms with van der Waals surface area (Å²) in [7, 11) is 1.68. The maximum absolute atomic E-state index is 5.69. The van der Waals surface area contributed by atoms with Crippen LogP contribution in [0.1, 0.15) is 20.8 Å². The van der Waals surface area contributed by atoms with Crippen LogP contribution in [0.15, 0.2) is 30.5 Å². The van der Waals surface area contributed by atoms with Crippen LogP contribution in [0.5, 0.6) is 5.75 Å². The SMILES string of the molecule is CCOC(C)(C)CNc1nccc2c(OC)cccc12. The topological polar surface area (TPSA) is 43.4 Å². The monoisotopic (exact) mass is 274 g/mol. The molecular formula is C16H22N2O2. The molecule has 0 saturated carbocycles. The summed E-state index contributed by atoms with van der Waals surface area (Å²) in [5.41, 5.74) is -0.225. The van der Waals surface area contributed by atoms with Crippen molar-refractivity contribution in [1.29, 1.82) is 0 Å². The summed E-state index contributed by atoms with van der Waals surface area (Å²) in [5, 5.41) is 5.48. The number of methoxy groups -OCH3 is 1. The van der Waals surface area contributed by atoms with Gasteiger partial charge in [0, 0.05) is 30.1 Å². The minimum absolute atomic E-state index is 0.225. The quantitative estimate of drug-likeness (QED) is 0.876. The molecule has 4 heteroatoms. The van der Waals surface area contributed by atoms with Gasteiger partial charge in [0.05, 0.1) is 12.7 Å². The zero-order valence-corrected chi connectivity index (χ0v) is 12.6. The predicted octanol–water partition coefficient (Wildman–Crippen LogP) is 3.47. The number of pyridine rings is 1. The van der Waals surface area contributed by atoms with Crippen LogP contribution in [0, 0.1) is 0 Å². The van der Waals surface area contributed by atoms with E-state index in [-0.39, 0.29) is 5.60 Å².